The SMILES string of the molecule is Nc1ccc2c(Oc3ccc(NC(=O)C4(C(=O)Nc5ccc(F)cc5)CC4)cc3)ccnc2c1. The molecule has 0 atom stereocenters. The number of nitrogens with two attached hydrogens (primary N) is 1. The third-order valence-electron chi connectivity index (χ3n) is 5.79. The van der Waals surface area contributed by atoms with Crippen LogP contribution >= 0.6 is 0 Å². The van der Waals surface area contributed by atoms with E-state index in [1.54, 1.807) is 48.7 Å². The van der Waals surface area contributed by atoms with Crippen LogP contribution in [0.1, 0.15) is 12.8 Å². The Labute approximate surface area is 194 Å². The summed E-state index contributed by atoms with van der Waals surface area (Å²) in [5, 5.41) is 6.33. The van der Waals surface area contributed by atoms with Crippen LogP contribution in [0.2, 0.25) is 0 Å². The number of anilines is 3. The highest BCUT2D eigenvalue weighted by Crippen LogP contribution is 2.47. The Kier molecular flexibility index (Phi) is 5.33. The fourth-order valence-electron chi connectivity index (χ4n) is 3.68. The first-order chi connectivity index (χ1) is 16.4. The third-order valence-corrected chi connectivity index (χ3v) is 5.79. The average Bonchev–Trinajstić information content (AvgIpc) is 3.64. The maximum atomic E-state index is 13.1. The first-order valence-corrected chi connectivity index (χ1v) is 10.7. The van der Waals surface area contributed by atoms with Crippen LogP contribution in [0.4, 0.5) is 21.5 Å². The number of rotatable bonds is 6. The number of fused-ring (bicyclic) bond motifs is 1. The number of nitrogens with zero attached hydrogens (tertiary/aromatic N) is 1. The summed E-state index contributed by atoms with van der Waals surface area (Å²) in [5.74, 6) is 0.0417. The number of hydrogen-bond acceptors (Lipinski definition) is 5. The first kappa shape index (κ1) is 21.4. The minimum absolute atomic E-state index is 0.376. The van der Waals surface area contributed by atoms with Crippen molar-refractivity contribution in [2.45, 2.75) is 12.8 Å². The van der Waals surface area contributed by atoms with Crippen molar-refractivity contribution in [2.75, 3.05) is 16.4 Å². The molecule has 2 amide bonds. The van der Waals surface area contributed by atoms with E-state index in [0.29, 0.717) is 41.4 Å². The van der Waals surface area contributed by atoms with Crippen molar-refractivity contribution >= 4 is 39.8 Å². The topological polar surface area (TPSA) is 106 Å². The second-order valence-corrected chi connectivity index (χ2v) is 8.21. The van der Waals surface area contributed by atoms with Gasteiger partial charge in [0.25, 0.3) is 0 Å². The second-order valence-electron chi connectivity index (χ2n) is 8.21. The summed E-state index contributed by atoms with van der Waals surface area (Å²) >= 11 is 0. The average molecular weight is 456 g/mol. The van der Waals surface area contributed by atoms with E-state index in [1.807, 2.05) is 6.07 Å². The number of nitrogens with one attached hydrogen (secondary N) is 2. The molecule has 0 radical (unpaired) electrons. The number of carbonyl (C=O) groups excluding carboxylic acids is 2. The molecule has 1 aromatic heterocycles. The van der Waals surface area contributed by atoms with E-state index in [1.165, 1.54) is 24.3 Å². The molecule has 1 saturated carbocycles. The molecule has 0 saturated heterocycles. The van der Waals surface area contributed by atoms with E-state index >= 15 is 0 Å². The number of halogens is 1. The monoisotopic (exact) mass is 456 g/mol. The predicted molar refractivity (Wildman–Crippen MR) is 128 cm³/mol. The molecule has 8 heteroatoms. The third kappa shape index (κ3) is 4.25. The standard InChI is InChI=1S/C26H21FN4O3/c27-16-1-4-18(5-2-16)30-24(32)26(12-13-26)25(33)31-19-6-8-20(9-7-19)34-23-11-14-29-22-15-17(28)3-10-21(22)23/h1-11,14-15H,12-13,28H2,(H,30,32)(H,31,33). The van der Waals surface area contributed by atoms with Crippen LogP contribution in [0, 0.1) is 11.2 Å². The number of benzene rings is 3. The molecular formula is C26H21FN4O3. The summed E-state index contributed by atoms with van der Waals surface area (Å²) in [5.41, 5.74) is 7.05. The summed E-state index contributed by atoms with van der Waals surface area (Å²) < 4.78 is 19.1. The predicted octanol–water partition coefficient (Wildman–Crippen LogP) is 5.11. The first-order valence-electron chi connectivity index (χ1n) is 10.7. The minimum Gasteiger partial charge on any atom is -0.457 e. The van der Waals surface area contributed by atoms with E-state index in [-0.39, 0.29) is 5.91 Å². The van der Waals surface area contributed by atoms with Gasteiger partial charge in [-0.05, 0) is 85.6 Å². The normalized spacial score (nSPS) is 13.8. The van der Waals surface area contributed by atoms with Crippen LogP contribution in [0.5, 0.6) is 11.5 Å². The Morgan fingerprint density at radius 1 is 0.882 bits per heavy atom. The number of pyridine rings is 1. The fourth-order valence-corrected chi connectivity index (χ4v) is 3.68. The molecule has 0 bridgehead atoms. The van der Waals surface area contributed by atoms with Gasteiger partial charge in [0, 0.05) is 28.6 Å². The van der Waals surface area contributed by atoms with Gasteiger partial charge in [-0.3, -0.25) is 14.6 Å². The highest BCUT2D eigenvalue weighted by Gasteiger charge is 2.56. The molecule has 1 fully saturated rings. The van der Waals surface area contributed by atoms with E-state index in [4.69, 9.17) is 10.5 Å². The Hall–Kier alpha value is -4.46. The van der Waals surface area contributed by atoms with Crippen molar-refractivity contribution in [2.24, 2.45) is 5.41 Å². The van der Waals surface area contributed by atoms with Gasteiger partial charge in [-0.25, -0.2) is 4.39 Å². The summed E-state index contributed by atoms with van der Waals surface area (Å²) in [4.78, 5) is 29.9. The lowest BCUT2D eigenvalue weighted by Gasteiger charge is -2.16. The Balaban J connectivity index is 1.25. The number of nitrogen functional groups attached to an aromatic ring is 1. The highest BCUT2D eigenvalue weighted by atomic mass is 19.1. The lowest BCUT2D eigenvalue weighted by molar-refractivity contribution is -0.131. The largest absolute Gasteiger partial charge is 0.457 e. The van der Waals surface area contributed by atoms with Crippen LogP contribution in [-0.4, -0.2) is 16.8 Å². The van der Waals surface area contributed by atoms with Crippen LogP contribution in [0.15, 0.2) is 79.0 Å². The van der Waals surface area contributed by atoms with Crippen molar-refractivity contribution in [1.29, 1.82) is 0 Å². The minimum atomic E-state index is -1.12. The van der Waals surface area contributed by atoms with Crippen molar-refractivity contribution in [1.82, 2.24) is 4.98 Å². The zero-order valence-corrected chi connectivity index (χ0v) is 18.0. The maximum absolute atomic E-state index is 13.1. The molecule has 0 aliphatic heterocycles. The van der Waals surface area contributed by atoms with Gasteiger partial charge in [-0.2, -0.15) is 0 Å². The molecule has 0 spiro atoms. The molecule has 4 aromatic rings. The van der Waals surface area contributed by atoms with E-state index < -0.39 is 17.1 Å². The number of aromatic nitrogens is 1. The lowest BCUT2D eigenvalue weighted by atomic mass is 10.0. The van der Waals surface area contributed by atoms with Gasteiger partial charge in [0.05, 0.1) is 5.52 Å². The second kappa shape index (κ2) is 8.47. The smallest absolute Gasteiger partial charge is 0.240 e. The Morgan fingerprint density at radius 2 is 1.50 bits per heavy atom. The van der Waals surface area contributed by atoms with Crippen LogP contribution in [0.3, 0.4) is 0 Å². The van der Waals surface area contributed by atoms with Crippen LogP contribution < -0.4 is 21.1 Å². The summed E-state index contributed by atoms with van der Waals surface area (Å²) in [6, 6.07) is 19.5. The highest BCUT2D eigenvalue weighted by molar-refractivity contribution is 6.16. The van der Waals surface area contributed by atoms with Crippen molar-refractivity contribution in [3.8, 4) is 11.5 Å². The molecule has 0 unspecified atom stereocenters. The molecule has 1 aliphatic carbocycles. The lowest BCUT2D eigenvalue weighted by Crippen LogP contribution is -2.35. The molecule has 4 N–H and O–H groups in total. The Morgan fingerprint density at radius 3 is 2.12 bits per heavy atom. The van der Waals surface area contributed by atoms with E-state index in [2.05, 4.69) is 15.6 Å². The van der Waals surface area contributed by atoms with Crippen LogP contribution in [-0.2, 0) is 9.59 Å². The molecule has 3 aromatic carbocycles. The maximum Gasteiger partial charge on any atom is 0.240 e. The molecule has 34 heavy (non-hydrogen) atoms. The number of amides is 2. The Bertz CT molecular complexity index is 1380. The van der Waals surface area contributed by atoms with Crippen molar-refractivity contribution in [3.05, 3.63) is 84.8 Å². The van der Waals surface area contributed by atoms with E-state index in [0.717, 1.165) is 10.9 Å². The van der Waals surface area contributed by atoms with Gasteiger partial charge in [0.1, 0.15) is 22.7 Å². The quantitative estimate of drug-likeness (QED) is 0.276. The molecule has 7 nitrogen and oxygen atoms in total. The van der Waals surface area contributed by atoms with Gasteiger partial charge in [-0.1, -0.05) is 0 Å². The zero-order valence-electron chi connectivity index (χ0n) is 18.0. The van der Waals surface area contributed by atoms with Crippen LogP contribution in [0.25, 0.3) is 10.9 Å². The number of hydrogen-bond donors (Lipinski definition) is 3. The number of carbonyl (C=O) groups is 2. The summed E-state index contributed by atoms with van der Waals surface area (Å²) in [6.45, 7) is 0. The summed E-state index contributed by atoms with van der Waals surface area (Å²) in [7, 11) is 0. The van der Waals surface area contributed by atoms with Gasteiger partial charge >= 0.3 is 0 Å². The van der Waals surface area contributed by atoms with Gasteiger partial charge < -0.3 is 21.1 Å². The molecule has 170 valence electrons. The fraction of sp³-hybridized carbons (Fsp3) is 0.115. The van der Waals surface area contributed by atoms with Gasteiger partial charge in [0.15, 0.2) is 0 Å². The van der Waals surface area contributed by atoms with Gasteiger partial charge in [0.2, 0.25) is 11.8 Å². The number of ether oxygens (including phenoxy) is 1. The van der Waals surface area contributed by atoms with Crippen molar-refractivity contribution < 1.29 is 18.7 Å². The van der Waals surface area contributed by atoms with E-state index in [9.17, 15) is 14.0 Å². The molecule has 1 aliphatic rings. The van der Waals surface area contributed by atoms with Gasteiger partial charge in [-0.15, -0.1) is 0 Å². The molecule has 5 rings (SSSR count). The zero-order chi connectivity index (χ0) is 23.7. The molecular weight excluding hydrogens is 435 g/mol. The van der Waals surface area contributed by atoms with Crippen molar-refractivity contribution in [3.63, 3.8) is 0 Å². The summed E-state index contributed by atoms with van der Waals surface area (Å²) in [6.07, 6.45) is 2.55. The molecule has 1 heterocycles.